The molecule has 3 heteroatoms. The van der Waals surface area contributed by atoms with Crippen molar-refractivity contribution in [2.45, 2.75) is 5.32 Å². The SMILES string of the molecule is O=Cc1ccncc1C[Se]c1ccccc1. The third-order valence-corrected chi connectivity index (χ3v) is 4.43. The molecular weight excluding hydrogens is 265 g/mol. The van der Waals surface area contributed by atoms with Crippen molar-refractivity contribution in [3.05, 3.63) is 59.9 Å². The summed E-state index contributed by atoms with van der Waals surface area (Å²) in [6.07, 6.45) is 4.34. The van der Waals surface area contributed by atoms with E-state index in [1.54, 1.807) is 18.5 Å². The Morgan fingerprint density at radius 1 is 1.19 bits per heavy atom. The van der Waals surface area contributed by atoms with E-state index in [2.05, 4.69) is 17.1 Å². The fourth-order valence-corrected chi connectivity index (χ4v) is 3.27. The maximum atomic E-state index is 10.8. The van der Waals surface area contributed by atoms with Crippen LogP contribution in [0.4, 0.5) is 0 Å². The molecule has 0 radical (unpaired) electrons. The van der Waals surface area contributed by atoms with Gasteiger partial charge >= 0.3 is 101 Å². The van der Waals surface area contributed by atoms with Crippen molar-refractivity contribution >= 4 is 25.7 Å². The molecule has 0 atom stereocenters. The molecule has 0 saturated carbocycles. The van der Waals surface area contributed by atoms with Gasteiger partial charge in [-0.05, 0) is 0 Å². The average Bonchev–Trinajstić information content (AvgIpc) is 2.38. The van der Waals surface area contributed by atoms with Crippen LogP contribution in [0.2, 0.25) is 0 Å². The first-order valence-electron chi connectivity index (χ1n) is 4.96. The molecule has 0 aliphatic rings. The topological polar surface area (TPSA) is 30.0 Å². The monoisotopic (exact) mass is 277 g/mol. The maximum absolute atomic E-state index is 10.8. The Bertz CT molecular complexity index is 470. The van der Waals surface area contributed by atoms with Gasteiger partial charge in [-0.25, -0.2) is 0 Å². The number of aromatic nitrogens is 1. The Balaban J connectivity index is 2.08. The number of hydrogen-bond acceptors (Lipinski definition) is 2. The number of hydrogen-bond donors (Lipinski definition) is 0. The van der Waals surface area contributed by atoms with E-state index >= 15 is 0 Å². The Kier molecular flexibility index (Phi) is 3.86. The summed E-state index contributed by atoms with van der Waals surface area (Å²) in [5.74, 6) is 0. The first kappa shape index (κ1) is 11.1. The van der Waals surface area contributed by atoms with E-state index in [1.807, 2.05) is 18.2 Å². The molecule has 2 rings (SSSR count). The Labute approximate surface area is 101 Å². The molecule has 0 amide bonds. The van der Waals surface area contributed by atoms with Crippen LogP contribution < -0.4 is 4.46 Å². The number of rotatable bonds is 4. The zero-order valence-corrected chi connectivity index (χ0v) is 10.4. The molecule has 0 saturated heterocycles. The summed E-state index contributed by atoms with van der Waals surface area (Å²) < 4.78 is 1.34. The number of carbonyl (C=O) groups excluding carboxylic acids is 1. The molecule has 1 heterocycles. The Morgan fingerprint density at radius 3 is 2.75 bits per heavy atom. The van der Waals surface area contributed by atoms with E-state index in [4.69, 9.17) is 0 Å². The molecule has 2 nitrogen and oxygen atoms in total. The van der Waals surface area contributed by atoms with Crippen LogP contribution in [0.3, 0.4) is 0 Å². The van der Waals surface area contributed by atoms with Gasteiger partial charge < -0.3 is 0 Å². The molecule has 0 fully saturated rings. The molecule has 0 aliphatic carbocycles. The summed E-state index contributed by atoms with van der Waals surface area (Å²) in [5, 5.41) is 0.916. The van der Waals surface area contributed by atoms with Gasteiger partial charge in [0.15, 0.2) is 0 Å². The fraction of sp³-hybridized carbons (Fsp3) is 0.0769. The molecule has 0 spiro atoms. The average molecular weight is 276 g/mol. The normalized spacial score (nSPS) is 10.0. The summed E-state index contributed by atoms with van der Waals surface area (Å²) in [5.41, 5.74) is 1.80. The van der Waals surface area contributed by atoms with Gasteiger partial charge in [-0.15, -0.1) is 0 Å². The number of benzene rings is 1. The number of nitrogens with zero attached hydrogens (tertiary/aromatic N) is 1. The van der Waals surface area contributed by atoms with Gasteiger partial charge in [-0.1, -0.05) is 0 Å². The van der Waals surface area contributed by atoms with Crippen LogP contribution in [0.5, 0.6) is 0 Å². The van der Waals surface area contributed by atoms with Crippen LogP contribution in [-0.4, -0.2) is 26.2 Å². The quantitative estimate of drug-likeness (QED) is 0.624. The van der Waals surface area contributed by atoms with Gasteiger partial charge in [0.05, 0.1) is 0 Å². The number of pyridine rings is 1. The van der Waals surface area contributed by atoms with E-state index < -0.39 is 0 Å². The first-order chi connectivity index (χ1) is 7.90. The van der Waals surface area contributed by atoms with Crippen LogP contribution in [0.25, 0.3) is 0 Å². The second-order valence-corrected chi connectivity index (χ2v) is 5.49. The van der Waals surface area contributed by atoms with Gasteiger partial charge in [0.25, 0.3) is 0 Å². The Morgan fingerprint density at radius 2 is 2.00 bits per heavy atom. The van der Waals surface area contributed by atoms with Crippen molar-refractivity contribution in [3.63, 3.8) is 0 Å². The van der Waals surface area contributed by atoms with E-state index in [0.29, 0.717) is 15.0 Å². The van der Waals surface area contributed by atoms with Crippen LogP contribution in [0, 0.1) is 0 Å². The van der Waals surface area contributed by atoms with Crippen molar-refractivity contribution in [2.24, 2.45) is 0 Å². The molecule has 0 N–H and O–H groups in total. The zero-order valence-electron chi connectivity index (χ0n) is 8.67. The van der Waals surface area contributed by atoms with Crippen molar-refractivity contribution in [1.29, 1.82) is 0 Å². The standard InChI is InChI=1S/C13H11NOSe/c15-9-11-6-7-14-8-12(11)10-16-13-4-2-1-3-5-13/h1-9H,10H2. The van der Waals surface area contributed by atoms with E-state index in [1.165, 1.54) is 4.46 Å². The molecule has 0 aliphatic heterocycles. The van der Waals surface area contributed by atoms with Crippen LogP contribution in [-0.2, 0) is 5.32 Å². The third-order valence-electron chi connectivity index (χ3n) is 2.21. The predicted molar refractivity (Wildman–Crippen MR) is 65.2 cm³/mol. The van der Waals surface area contributed by atoms with Crippen molar-refractivity contribution < 1.29 is 4.79 Å². The Hall–Kier alpha value is -1.44. The summed E-state index contributed by atoms with van der Waals surface area (Å²) in [4.78, 5) is 14.9. The third kappa shape index (κ3) is 2.78. The number of aldehydes is 1. The second kappa shape index (κ2) is 5.59. The van der Waals surface area contributed by atoms with E-state index in [0.717, 1.165) is 22.7 Å². The molecule has 0 unspecified atom stereocenters. The van der Waals surface area contributed by atoms with Crippen LogP contribution in [0.15, 0.2) is 48.8 Å². The second-order valence-electron chi connectivity index (χ2n) is 3.29. The molecule has 0 bridgehead atoms. The van der Waals surface area contributed by atoms with Crippen molar-refractivity contribution in [2.75, 3.05) is 0 Å². The van der Waals surface area contributed by atoms with Gasteiger partial charge in [0.1, 0.15) is 0 Å². The molecule has 16 heavy (non-hydrogen) atoms. The van der Waals surface area contributed by atoms with Gasteiger partial charge in [0.2, 0.25) is 0 Å². The van der Waals surface area contributed by atoms with E-state index in [-0.39, 0.29) is 0 Å². The van der Waals surface area contributed by atoms with Crippen LogP contribution in [0.1, 0.15) is 15.9 Å². The minimum atomic E-state index is 0.363. The zero-order chi connectivity index (χ0) is 11.2. The minimum absolute atomic E-state index is 0.363. The predicted octanol–water partition coefficient (Wildman–Crippen LogP) is 1.42. The number of carbonyl (C=O) groups is 1. The van der Waals surface area contributed by atoms with Gasteiger partial charge in [-0.3, -0.25) is 0 Å². The van der Waals surface area contributed by atoms with Crippen molar-refractivity contribution in [3.8, 4) is 0 Å². The summed E-state index contributed by atoms with van der Waals surface area (Å²) in [6, 6.07) is 12.1. The molecule has 1 aromatic carbocycles. The summed E-state index contributed by atoms with van der Waals surface area (Å²) >= 11 is 0.363. The van der Waals surface area contributed by atoms with Gasteiger partial charge in [-0.2, -0.15) is 0 Å². The molecular formula is C13H11NOSe. The van der Waals surface area contributed by atoms with Crippen molar-refractivity contribution in [1.82, 2.24) is 4.98 Å². The summed E-state index contributed by atoms with van der Waals surface area (Å²) in [7, 11) is 0. The first-order valence-corrected chi connectivity index (χ1v) is 7.03. The van der Waals surface area contributed by atoms with Gasteiger partial charge in [0, 0.05) is 0 Å². The molecule has 2 aromatic rings. The molecule has 1 aromatic heterocycles. The fourth-order valence-electron chi connectivity index (χ4n) is 1.35. The molecule has 80 valence electrons. The van der Waals surface area contributed by atoms with Crippen LogP contribution >= 0.6 is 0 Å². The summed E-state index contributed by atoms with van der Waals surface area (Å²) in [6.45, 7) is 0. The van der Waals surface area contributed by atoms with E-state index in [9.17, 15) is 4.79 Å².